The third-order valence-corrected chi connectivity index (χ3v) is 4.92. The van der Waals surface area contributed by atoms with Crippen molar-refractivity contribution in [2.75, 3.05) is 39.8 Å². The highest BCUT2D eigenvalue weighted by Crippen LogP contribution is 2.18. The molecule has 8 nitrogen and oxygen atoms in total. The van der Waals surface area contributed by atoms with E-state index in [0.717, 1.165) is 37.3 Å². The molecule has 1 unspecified atom stereocenters. The molecule has 24 heavy (non-hydrogen) atoms. The Kier molecular flexibility index (Phi) is 5.15. The normalized spacial score (nSPS) is 19.7. The lowest BCUT2D eigenvalue weighted by molar-refractivity contribution is -0.142. The lowest BCUT2D eigenvalue weighted by Crippen LogP contribution is -2.52. The molecule has 0 radical (unpaired) electrons. The van der Waals surface area contributed by atoms with Gasteiger partial charge in [0.05, 0.1) is 13.5 Å². The number of carbonyl (C=O) groups is 2. The second kappa shape index (κ2) is 7.31. The first-order valence-electron chi connectivity index (χ1n) is 8.47. The number of hydrogen-bond acceptors (Lipinski definition) is 6. The van der Waals surface area contributed by atoms with Crippen LogP contribution in [0.5, 0.6) is 0 Å². The Morgan fingerprint density at radius 2 is 2.04 bits per heavy atom. The highest BCUT2D eigenvalue weighted by molar-refractivity contribution is 5.94. The predicted octanol–water partition coefficient (Wildman–Crippen LogP) is -0.235. The van der Waals surface area contributed by atoms with E-state index in [2.05, 4.69) is 20.4 Å². The molecule has 0 spiro atoms. The van der Waals surface area contributed by atoms with Gasteiger partial charge in [-0.05, 0) is 6.92 Å². The Hall–Kier alpha value is -1.93. The van der Waals surface area contributed by atoms with E-state index in [9.17, 15) is 9.59 Å². The molecule has 0 aliphatic carbocycles. The number of rotatable bonds is 4. The summed E-state index contributed by atoms with van der Waals surface area (Å²) in [5.41, 5.74) is 2.63. The van der Waals surface area contributed by atoms with Gasteiger partial charge in [0.2, 0.25) is 0 Å². The molecule has 1 atom stereocenters. The molecule has 132 valence electrons. The molecule has 2 aliphatic heterocycles. The fourth-order valence-corrected chi connectivity index (χ4v) is 3.37. The summed E-state index contributed by atoms with van der Waals surface area (Å²) < 4.78 is 4.73. The second-order valence-corrected chi connectivity index (χ2v) is 6.41. The van der Waals surface area contributed by atoms with E-state index in [4.69, 9.17) is 4.74 Å². The zero-order chi connectivity index (χ0) is 17.1. The first-order valence-corrected chi connectivity index (χ1v) is 8.47. The van der Waals surface area contributed by atoms with E-state index in [0.29, 0.717) is 31.7 Å². The molecule has 3 heterocycles. The lowest BCUT2D eigenvalue weighted by atomic mass is 10.1. The van der Waals surface area contributed by atoms with Crippen molar-refractivity contribution >= 4 is 11.9 Å². The summed E-state index contributed by atoms with van der Waals surface area (Å²) in [5, 5.41) is 10.5. The van der Waals surface area contributed by atoms with E-state index < -0.39 is 0 Å². The average Bonchev–Trinajstić information content (AvgIpc) is 3.05. The smallest absolute Gasteiger partial charge is 0.307 e. The summed E-state index contributed by atoms with van der Waals surface area (Å²) in [7, 11) is 1.41. The van der Waals surface area contributed by atoms with Crippen molar-refractivity contribution in [1.82, 2.24) is 25.3 Å². The fourth-order valence-electron chi connectivity index (χ4n) is 3.37. The summed E-state index contributed by atoms with van der Waals surface area (Å²) in [5.74, 6) is -0.201. The number of hydrogen-bond donors (Lipinski definition) is 2. The summed E-state index contributed by atoms with van der Waals surface area (Å²) >= 11 is 0. The number of H-pyrrole nitrogens is 1. The number of amides is 1. The van der Waals surface area contributed by atoms with Crippen molar-refractivity contribution in [3.05, 3.63) is 17.0 Å². The molecule has 1 aromatic rings. The summed E-state index contributed by atoms with van der Waals surface area (Å²) in [6.07, 6.45) is 1.26. The van der Waals surface area contributed by atoms with Crippen molar-refractivity contribution < 1.29 is 14.3 Å². The van der Waals surface area contributed by atoms with E-state index in [-0.39, 0.29) is 17.9 Å². The minimum Gasteiger partial charge on any atom is -0.469 e. The number of methoxy groups -OCH3 is 1. The Morgan fingerprint density at radius 1 is 1.29 bits per heavy atom. The maximum atomic E-state index is 12.8. The van der Waals surface area contributed by atoms with E-state index in [1.54, 1.807) is 0 Å². The molecule has 0 bridgehead atoms. The Labute approximate surface area is 141 Å². The highest BCUT2D eigenvalue weighted by Gasteiger charge is 2.29. The molecule has 1 fully saturated rings. The van der Waals surface area contributed by atoms with Gasteiger partial charge in [-0.25, -0.2) is 0 Å². The van der Waals surface area contributed by atoms with Crippen LogP contribution in [0.4, 0.5) is 0 Å². The van der Waals surface area contributed by atoms with Crippen molar-refractivity contribution in [1.29, 1.82) is 0 Å². The molecule has 8 heteroatoms. The Balaban J connectivity index is 1.57. The first kappa shape index (κ1) is 16.9. The van der Waals surface area contributed by atoms with Gasteiger partial charge in [0, 0.05) is 63.0 Å². The average molecular weight is 335 g/mol. The summed E-state index contributed by atoms with van der Waals surface area (Å²) in [6.45, 7) is 6.45. The third-order valence-electron chi connectivity index (χ3n) is 4.92. The molecule has 1 saturated heterocycles. The van der Waals surface area contributed by atoms with Crippen LogP contribution in [0, 0.1) is 0 Å². The number of nitrogens with zero attached hydrogens (tertiary/aromatic N) is 3. The molecule has 0 saturated carbocycles. The number of esters is 1. The molecule has 2 N–H and O–H groups in total. The monoisotopic (exact) mass is 335 g/mol. The van der Waals surface area contributed by atoms with Gasteiger partial charge in [-0.2, -0.15) is 5.10 Å². The minimum atomic E-state index is -0.198. The first-order chi connectivity index (χ1) is 11.6. The van der Waals surface area contributed by atoms with Crippen molar-refractivity contribution in [2.24, 2.45) is 0 Å². The fraction of sp³-hybridized carbons (Fsp3) is 0.688. The molecule has 1 amide bonds. The van der Waals surface area contributed by atoms with Gasteiger partial charge in [-0.3, -0.25) is 19.6 Å². The number of ether oxygens (including phenoxy) is 1. The molecule has 1 aromatic heterocycles. The van der Waals surface area contributed by atoms with Crippen LogP contribution in [0.25, 0.3) is 0 Å². The molecule has 3 rings (SSSR count). The van der Waals surface area contributed by atoms with E-state index >= 15 is 0 Å². The SMILES string of the molecule is COC(=O)CC(C)N1CCN(C(=O)c2n[nH]c3c2CNCC3)CC1. The molecular formula is C16H25N5O3. The minimum absolute atomic E-state index is 0.00327. The van der Waals surface area contributed by atoms with Gasteiger partial charge < -0.3 is 15.0 Å². The van der Waals surface area contributed by atoms with E-state index in [1.807, 2.05) is 11.8 Å². The predicted molar refractivity (Wildman–Crippen MR) is 87.6 cm³/mol. The standard InChI is InChI=1S/C16H25N5O3/c1-11(9-14(22)24-2)20-5-7-21(8-6-20)16(23)15-12-10-17-4-3-13(12)18-19-15/h11,17H,3-10H2,1-2H3,(H,18,19). The van der Waals surface area contributed by atoms with Crippen LogP contribution < -0.4 is 5.32 Å². The topological polar surface area (TPSA) is 90.6 Å². The maximum absolute atomic E-state index is 12.8. The van der Waals surface area contributed by atoms with Crippen LogP contribution in [0.15, 0.2) is 0 Å². The number of carbonyl (C=O) groups excluding carboxylic acids is 2. The number of fused-ring (bicyclic) bond motifs is 1. The van der Waals surface area contributed by atoms with Gasteiger partial charge in [0.1, 0.15) is 0 Å². The number of piperazine rings is 1. The zero-order valence-corrected chi connectivity index (χ0v) is 14.3. The second-order valence-electron chi connectivity index (χ2n) is 6.41. The number of aromatic nitrogens is 2. The van der Waals surface area contributed by atoms with Crippen LogP contribution in [-0.2, 0) is 22.5 Å². The van der Waals surface area contributed by atoms with Gasteiger partial charge >= 0.3 is 5.97 Å². The maximum Gasteiger partial charge on any atom is 0.307 e. The van der Waals surface area contributed by atoms with Gasteiger partial charge in [-0.1, -0.05) is 0 Å². The largest absolute Gasteiger partial charge is 0.469 e. The highest BCUT2D eigenvalue weighted by atomic mass is 16.5. The van der Waals surface area contributed by atoms with Crippen LogP contribution in [0.3, 0.4) is 0 Å². The van der Waals surface area contributed by atoms with Gasteiger partial charge in [0.15, 0.2) is 5.69 Å². The number of aromatic amines is 1. The lowest BCUT2D eigenvalue weighted by Gasteiger charge is -2.37. The Bertz CT molecular complexity index is 607. The molecular weight excluding hydrogens is 310 g/mol. The summed E-state index contributed by atoms with van der Waals surface area (Å²) in [4.78, 5) is 28.2. The van der Waals surface area contributed by atoms with Crippen molar-refractivity contribution in [2.45, 2.75) is 32.4 Å². The van der Waals surface area contributed by atoms with Crippen LogP contribution in [0.2, 0.25) is 0 Å². The third kappa shape index (κ3) is 3.44. The van der Waals surface area contributed by atoms with Crippen LogP contribution in [0.1, 0.15) is 35.1 Å². The quantitative estimate of drug-likeness (QED) is 0.739. The van der Waals surface area contributed by atoms with Gasteiger partial charge in [-0.15, -0.1) is 0 Å². The van der Waals surface area contributed by atoms with Crippen LogP contribution >= 0.6 is 0 Å². The molecule has 2 aliphatic rings. The van der Waals surface area contributed by atoms with Crippen LogP contribution in [-0.4, -0.2) is 77.7 Å². The number of nitrogens with one attached hydrogen (secondary N) is 2. The molecule has 0 aromatic carbocycles. The van der Waals surface area contributed by atoms with Crippen molar-refractivity contribution in [3.8, 4) is 0 Å². The summed E-state index contributed by atoms with van der Waals surface area (Å²) in [6, 6.07) is 0.122. The van der Waals surface area contributed by atoms with Gasteiger partial charge in [0.25, 0.3) is 5.91 Å². The Morgan fingerprint density at radius 3 is 2.75 bits per heavy atom. The van der Waals surface area contributed by atoms with Crippen molar-refractivity contribution in [3.63, 3.8) is 0 Å². The zero-order valence-electron chi connectivity index (χ0n) is 14.3. The van der Waals surface area contributed by atoms with E-state index in [1.165, 1.54) is 7.11 Å².